The zero-order chi connectivity index (χ0) is 25.5. The van der Waals surface area contributed by atoms with Crippen LogP contribution < -0.4 is 5.73 Å². The van der Waals surface area contributed by atoms with Crippen LogP contribution in [-0.4, -0.2) is 56.4 Å². The number of hydrogen-bond donors (Lipinski definition) is 1. The third-order valence-electron chi connectivity index (χ3n) is 6.25. The molecule has 190 valence electrons. The van der Waals surface area contributed by atoms with Crippen LogP contribution in [0.3, 0.4) is 0 Å². The summed E-state index contributed by atoms with van der Waals surface area (Å²) < 4.78 is 34.0. The quantitative estimate of drug-likeness (QED) is 0.434. The van der Waals surface area contributed by atoms with Crippen LogP contribution in [0.4, 0.5) is 0 Å². The van der Waals surface area contributed by atoms with Gasteiger partial charge in [-0.05, 0) is 47.4 Å². The molecule has 2 N–H and O–H groups in total. The molecule has 1 amide bonds. The highest BCUT2D eigenvalue weighted by molar-refractivity contribution is 7.89. The highest BCUT2D eigenvalue weighted by Crippen LogP contribution is 2.29. The maximum Gasteiger partial charge on any atom is 0.244 e. The number of halogens is 1. The van der Waals surface area contributed by atoms with Gasteiger partial charge in [0.25, 0.3) is 0 Å². The minimum atomic E-state index is -4.05. The SMILES string of the molecule is NC(=O)[C@@H](c1ccccc1)N(CCc1ccc(CN2CCOCC2)cc1)S(=O)(=O)c1ccc(Cl)cc1. The molecule has 1 fully saturated rings. The monoisotopic (exact) mass is 527 g/mol. The summed E-state index contributed by atoms with van der Waals surface area (Å²) in [6.45, 7) is 4.24. The molecule has 36 heavy (non-hydrogen) atoms. The van der Waals surface area contributed by atoms with Crippen molar-refractivity contribution in [3.8, 4) is 0 Å². The van der Waals surface area contributed by atoms with Crippen molar-refractivity contribution >= 4 is 27.5 Å². The molecule has 0 radical (unpaired) electrons. The molecule has 0 bridgehead atoms. The van der Waals surface area contributed by atoms with Gasteiger partial charge in [0, 0.05) is 31.2 Å². The van der Waals surface area contributed by atoms with Gasteiger partial charge in [-0.25, -0.2) is 8.42 Å². The first kappa shape index (κ1) is 26.3. The fourth-order valence-corrected chi connectivity index (χ4v) is 6.02. The highest BCUT2D eigenvalue weighted by atomic mass is 35.5. The molecule has 0 unspecified atom stereocenters. The van der Waals surface area contributed by atoms with Crippen molar-refractivity contribution in [2.75, 3.05) is 32.8 Å². The summed E-state index contributed by atoms with van der Waals surface area (Å²) in [5.74, 6) is -0.736. The highest BCUT2D eigenvalue weighted by Gasteiger charge is 2.35. The van der Waals surface area contributed by atoms with E-state index in [9.17, 15) is 13.2 Å². The van der Waals surface area contributed by atoms with Crippen LogP contribution in [0.1, 0.15) is 22.7 Å². The molecule has 0 aliphatic carbocycles. The van der Waals surface area contributed by atoms with E-state index in [-0.39, 0.29) is 11.4 Å². The molecule has 0 saturated carbocycles. The Morgan fingerprint density at radius 1 is 0.944 bits per heavy atom. The Bertz CT molecular complexity index is 1250. The van der Waals surface area contributed by atoms with E-state index in [1.54, 1.807) is 30.3 Å². The summed E-state index contributed by atoms with van der Waals surface area (Å²) >= 11 is 5.97. The first-order valence-corrected chi connectivity index (χ1v) is 13.7. The summed E-state index contributed by atoms with van der Waals surface area (Å²) in [6.07, 6.45) is 0.418. The summed E-state index contributed by atoms with van der Waals surface area (Å²) in [6, 6.07) is 21.6. The second-order valence-corrected chi connectivity index (χ2v) is 11.1. The van der Waals surface area contributed by atoms with Crippen molar-refractivity contribution in [2.45, 2.75) is 23.9 Å². The van der Waals surface area contributed by atoms with E-state index in [1.807, 2.05) is 12.1 Å². The van der Waals surface area contributed by atoms with Crippen molar-refractivity contribution in [2.24, 2.45) is 5.73 Å². The van der Waals surface area contributed by atoms with Gasteiger partial charge < -0.3 is 10.5 Å². The molecule has 0 aromatic heterocycles. The van der Waals surface area contributed by atoms with Gasteiger partial charge in [0.05, 0.1) is 18.1 Å². The number of morpholine rings is 1. The van der Waals surface area contributed by atoms with E-state index in [0.717, 1.165) is 38.4 Å². The molecule has 1 heterocycles. The lowest BCUT2D eigenvalue weighted by Crippen LogP contribution is -2.42. The van der Waals surface area contributed by atoms with Gasteiger partial charge in [-0.3, -0.25) is 9.69 Å². The average molecular weight is 528 g/mol. The maximum absolute atomic E-state index is 13.7. The number of carbonyl (C=O) groups is 1. The van der Waals surface area contributed by atoms with Crippen LogP contribution in [0.5, 0.6) is 0 Å². The minimum Gasteiger partial charge on any atom is -0.379 e. The van der Waals surface area contributed by atoms with E-state index in [1.165, 1.54) is 34.1 Å². The predicted molar refractivity (Wildman–Crippen MR) is 140 cm³/mol. The van der Waals surface area contributed by atoms with Crippen molar-refractivity contribution in [1.29, 1.82) is 0 Å². The van der Waals surface area contributed by atoms with E-state index < -0.39 is 22.0 Å². The van der Waals surface area contributed by atoms with Crippen molar-refractivity contribution in [3.05, 3.63) is 101 Å². The third kappa shape index (κ3) is 6.52. The molecular formula is C27H30ClN3O4S. The Kier molecular flexibility index (Phi) is 8.77. The van der Waals surface area contributed by atoms with Gasteiger partial charge >= 0.3 is 0 Å². The molecule has 4 rings (SSSR count). The number of ether oxygens (including phenoxy) is 1. The van der Waals surface area contributed by atoms with Crippen LogP contribution in [0.2, 0.25) is 5.02 Å². The number of benzene rings is 3. The normalized spacial score (nSPS) is 15.6. The Morgan fingerprint density at radius 2 is 1.56 bits per heavy atom. The van der Waals surface area contributed by atoms with Crippen LogP contribution in [-0.2, 0) is 32.5 Å². The van der Waals surface area contributed by atoms with Crippen LogP contribution in [0.15, 0.2) is 83.8 Å². The first-order valence-electron chi connectivity index (χ1n) is 11.8. The molecule has 1 aliphatic rings. The molecular weight excluding hydrogens is 498 g/mol. The number of amides is 1. The van der Waals surface area contributed by atoms with Gasteiger partial charge in [-0.15, -0.1) is 0 Å². The Morgan fingerprint density at radius 3 is 2.17 bits per heavy atom. The number of sulfonamides is 1. The van der Waals surface area contributed by atoms with E-state index in [4.69, 9.17) is 22.1 Å². The predicted octanol–water partition coefficient (Wildman–Crippen LogP) is 3.63. The number of hydrogen-bond acceptors (Lipinski definition) is 5. The second kappa shape index (κ2) is 12.0. The number of carbonyl (C=O) groups excluding carboxylic acids is 1. The fraction of sp³-hybridized carbons (Fsp3) is 0.296. The van der Waals surface area contributed by atoms with E-state index in [0.29, 0.717) is 17.0 Å². The molecule has 3 aromatic carbocycles. The summed E-state index contributed by atoms with van der Waals surface area (Å²) in [5.41, 5.74) is 8.44. The topological polar surface area (TPSA) is 92.9 Å². The van der Waals surface area contributed by atoms with E-state index >= 15 is 0 Å². The third-order valence-corrected chi connectivity index (χ3v) is 8.38. The lowest BCUT2D eigenvalue weighted by Gasteiger charge is -2.29. The van der Waals surface area contributed by atoms with Gasteiger partial charge in [0.15, 0.2) is 0 Å². The molecule has 1 atom stereocenters. The minimum absolute atomic E-state index is 0.0509. The lowest BCUT2D eigenvalue weighted by atomic mass is 10.1. The van der Waals surface area contributed by atoms with Crippen LogP contribution in [0, 0.1) is 0 Å². The van der Waals surface area contributed by atoms with Gasteiger partial charge in [0.1, 0.15) is 6.04 Å². The molecule has 3 aromatic rings. The van der Waals surface area contributed by atoms with E-state index in [2.05, 4.69) is 17.0 Å². The van der Waals surface area contributed by atoms with Gasteiger partial charge in [0.2, 0.25) is 15.9 Å². The Hall–Kier alpha value is -2.75. The van der Waals surface area contributed by atoms with Gasteiger partial charge in [-0.1, -0.05) is 66.2 Å². The summed E-state index contributed by atoms with van der Waals surface area (Å²) in [5, 5.41) is 0.423. The molecule has 1 aliphatic heterocycles. The summed E-state index contributed by atoms with van der Waals surface area (Å²) in [4.78, 5) is 15.0. The standard InChI is InChI=1S/C27H30ClN3O4S/c28-24-10-12-25(13-11-24)36(33,34)31(26(27(29)32)23-4-2-1-3-5-23)15-14-21-6-8-22(9-7-21)20-30-16-18-35-19-17-30/h1-13,26H,14-20H2,(H2,29,32)/t26-/m1/s1. The zero-order valence-electron chi connectivity index (χ0n) is 19.9. The lowest BCUT2D eigenvalue weighted by molar-refractivity contribution is -0.121. The Balaban J connectivity index is 1.58. The molecule has 9 heteroatoms. The fourth-order valence-electron chi connectivity index (χ4n) is 4.31. The zero-order valence-corrected chi connectivity index (χ0v) is 21.5. The van der Waals surface area contributed by atoms with Gasteiger partial charge in [-0.2, -0.15) is 4.31 Å². The van der Waals surface area contributed by atoms with Crippen LogP contribution in [0.25, 0.3) is 0 Å². The second-order valence-electron chi connectivity index (χ2n) is 8.74. The van der Waals surface area contributed by atoms with Crippen LogP contribution >= 0.6 is 11.6 Å². The molecule has 0 spiro atoms. The number of nitrogens with two attached hydrogens (primary N) is 1. The van der Waals surface area contributed by atoms with Crippen molar-refractivity contribution in [3.63, 3.8) is 0 Å². The average Bonchev–Trinajstić information content (AvgIpc) is 2.88. The number of rotatable bonds is 10. The number of primary amides is 1. The number of nitrogens with zero attached hydrogens (tertiary/aromatic N) is 2. The largest absolute Gasteiger partial charge is 0.379 e. The molecule has 1 saturated heterocycles. The van der Waals surface area contributed by atoms with Crippen molar-refractivity contribution in [1.82, 2.24) is 9.21 Å². The Labute approximate surface area is 217 Å². The smallest absolute Gasteiger partial charge is 0.244 e. The van der Waals surface area contributed by atoms with Crippen molar-refractivity contribution < 1.29 is 17.9 Å². The molecule has 7 nitrogen and oxygen atoms in total. The maximum atomic E-state index is 13.7. The first-order chi connectivity index (χ1) is 17.3. The summed E-state index contributed by atoms with van der Waals surface area (Å²) in [7, 11) is -4.05.